The summed E-state index contributed by atoms with van der Waals surface area (Å²) in [6.45, 7) is 3.13. The summed E-state index contributed by atoms with van der Waals surface area (Å²) >= 11 is 0. The van der Waals surface area contributed by atoms with Crippen LogP contribution in [0.3, 0.4) is 0 Å². The Balaban J connectivity index is 1.70. The number of benzene rings is 2. The second kappa shape index (κ2) is 12.5. The molecule has 1 heterocycles. The van der Waals surface area contributed by atoms with Gasteiger partial charge in [-0.3, -0.25) is 0 Å². The molecule has 3 atom stereocenters. The predicted molar refractivity (Wildman–Crippen MR) is 152 cm³/mol. The lowest BCUT2D eigenvalue weighted by atomic mass is 10.0. The molecule has 0 radical (unpaired) electrons. The van der Waals surface area contributed by atoms with Crippen LogP contribution in [0.1, 0.15) is 45.1 Å². The molecule has 1 fully saturated rings. The van der Waals surface area contributed by atoms with Crippen LogP contribution in [-0.2, 0) is 20.0 Å². The summed E-state index contributed by atoms with van der Waals surface area (Å²) in [6, 6.07) is 10.2. The normalized spacial score (nSPS) is 22.4. The Morgan fingerprint density at radius 2 is 1.85 bits per heavy atom. The first-order valence-electron chi connectivity index (χ1n) is 13.5. The van der Waals surface area contributed by atoms with E-state index in [0.717, 1.165) is 25.7 Å². The Hall–Kier alpha value is -2.62. The number of hydrogen-bond acceptors (Lipinski definition) is 7. The highest BCUT2D eigenvalue weighted by Gasteiger charge is 2.39. The van der Waals surface area contributed by atoms with Crippen LogP contribution in [0.2, 0.25) is 0 Å². The fourth-order valence-corrected chi connectivity index (χ4v) is 8.06. The van der Waals surface area contributed by atoms with Gasteiger partial charge in [0.05, 0.1) is 25.2 Å². The van der Waals surface area contributed by atoms with Gasteiger partial charge in [-0.05, 0) is 62.2 Å². The van der Waals surface area contributed by atoms with Crippen molar-refractivity contribution in [2.45, 2.75) is 61.5 Å². The van der Waals surface area contributed by atoms with Crippen LogP contribution in [0.4, 0.5) is 0 Å². The molecule has 1 aliphatic heterocycles. The summed E-state index contributed by atoms with van der Waals surface area (Å²) in [5, 5.41) is 9.86. The van der Waals surface area contributed by atoms with Crippen LogP contribution in [0.25, 0.3) is 0 Å². The molecule has 218 valence electrons. The quantitative estimate of drug-likeness (QED) is 0.492. The zero-order valence-corrected chi connectivity index (χ0v) is 25.0. The zero-order valence-electron chi connectivity index (χ0n) is 23.4. The summed E-state index contributed by atoms with van der Waals surface area (Å²) in [5.74, 6) is 7.06. The smallest absolute Gasteiger partial charge is 0.247 e. The van der Waals surface area contributed by atoms with Gasteiger partial charge in [0.2, 0.25) is 20.0 Å². The van der Waals surface area contributed by atoms with Gasteiger partial charge in [0, 0.05) is 37.0 Å². The van der Waals surface area contributed by atoms with Gasteiger partial charge in [0.1, 0.15) is 22.5 Å². The van der Waals surface area contributed by atoms with E-state index >= 15 is 0 Å². The summed E-state index contributed by atoms with van der Waals surface area (Å²) in [7, 11) is -4.89. The maximum atomic E-state index is 13.7. The molecular weight excluding hydrogens is 552 g/mol. The zero-order chi connectivity index (χ0) is 29.1. The van der Waals surface area contributed by atoms with E-state index in [1.54, 1.807) is 31.2 Å². The van der Waals surface area contributed by atoms with Crippen LogP contribution >= 0.6 is 0 Å². The molecule has 40 heavy (non-hydrogen) atoms. The molecule has 2 aromatic rings. The largest absolute Gasteiger partial charge is 0.497 e. The molecule has 0 saturated heterocycles. The van der Waals surface area contributed by atoms with Gasteiger partial charge in [0.15, 0.2) is 0 Å². The van der Waals surface area contributed by atoms with Crippen molar-refractivity contribution in [1.82, 2.24) is 8.61 Å². The molecule has 11 heteroatoms. The Labute approximate surface area is 238 Å². The minimum absolute atomic E-state index is 0.0195. The van der Waals surface area contributed by atoms with Crippen LogP contribution < -0.4 is 9.47 Å². The van der Waals surface area contributed by atoms with Crippen LogP contribution in [0.5, 0.6) is 11.5 Å². The molecule has 0 spiro atoms. The molecule has 9 nitrogen and oxygen atoms in total. The first kappa shape index (κ1) is 30.3. The van der Waals surface area contributed by atoms with Crippen LogP contribution in [0.15, 0.2) is 52.3 Å². The molecule has 1 saturated carbocycles. The van der Waals surface area contributed by atoms with Gasteiger partial charge in [-0.2, -0.15) is 8.61 Å². The molecule has 1 aliphatic carbocycles. The fraction of sp³-hybridized carbons (Fsp3) is 0.517. The van der Waals surface area contributed by atoms with Crippen molar-refractivity contribution in [2.75, 3.05) is 33.9 Å². The molecular formula is C29H38N2O7S2. The Morgan fingerprint density at radius 1 is 1.18 bits per heavy atom. The highest BCUT2D eigenvalue weighted by Crippen LogP contribution is 2.35. The Kier molecular flexibility index (Phi) is 9.47. The maximum absolute atomic E-state index is 13.7. The first-order chi connectivity index (χ1) is 19.0. The highest BCUT2D eigenvalue weighted by molar-refractivity contribution is 7.89. The van der Waals surface area contributed by atoms with Gasteiger partial charge in [-0.25, -0.2) is 16.8 Å². The van der Waals surface area contributed by atoms with Gasteiger partial charge in [0.25, 0.3) is 0 Å². The summed E-state index contributed by atoms with van der Waals surface area (Å²) in [6.07, 6.45) is 3.77. The maximum Gasteiger partial charge on any atom is 0.247 e. The van der Waals surface area contributed by atoms with E-state index < -0.39 is 38.1 Å². The molecule has 4 rings (SSSR count). The number of ether oxygens (including phenoxy) is 2. The number of nitrogens with zero attached hydrogens (tertiary/aromatic N) is 2. The van der Waals surface area contributed by atoms with Gasteiger partial charge in [-0.1, -0.05) is 31.6 Å². The third kappa shape index (κ3) is 6.47. The average Bonchev–Trinajstić information content (AvgIpc) is 3.47. The topological polar surface area (TPSA) is 113 Å². The van der Waals surface area contributed by atoms with Crippen LogP contribution in [0, 0.1) is 23.7 Å². The van der Waals surface area contributed by atoms with Crippen molar-refractivity contribution < 1.29 is 31.4 Å². The Bertz CT molecular complexity index is 1460. The number of likely N-dealkylation sites (N-methyl/N-ethyl adjacent to an activating group) is 1. The number of aliphatic hydroxyl groups is 1. The van der Waals surface area contributed by atoms with E-state index in [-0.39, 0.29) is 35.2 Å². The number of rotatable bonds is 7. The number of methoxy groups -OCH3 is 1. The predicted octanol–water partition coefficient (Wildman–Crippen LogP) is 3.33. The van der Waals surface area contributed by atoms with Crippen molar-refractivity contribution in [3.63, 3.8) is 0 Å². The summed E-state index contributed by atoms with van der Waals surface area (Å²) < 4.78 is 68.1. The molecule has 0 aromatic heterocycles. The lowest BCUT2D eigenvalue weighted by Gasteiger charge is -2.37. The average molecular weight is 591 g/mol. The standard InChI is InChI=1S/C29H38N2O7S2/c1-21-18-31(22(2)20-32)40(35,36)29-16-11-24(10-9-23-7-5-6-8-23)17-27(29)38-28(21)19-30(3)39(33,34)26-14-12-25(37-4)13-15-26/h11-17,21-23,28,32H,5-8,18-20H2,1-4H3/t21-,22+,28-/m0/s1. The van der Waals surface area contributed by atoms with E-state index in [1.807, 2.05) is 6.92 Å². The Morgan fingerprint density at radius 3 is 2.48 bits per heavy atom. The van der Waals surface area contributed by atoms with Gasteiger partial charge < -0.3 is 14.6 Å². The van der Waals surface area contributed by atoms with Crippen molar-refractivity contribution >= 4 is 20.0 Å². The summed E-state index contributed by atoms with van der Waals surface area (Å²) in [4.78, 5) is 0.0778. The first-order valence-corrected chi connectivity index (χ1v) is 16.4. The second-order valence-corrected chi connectivity index (χ2v) is 14.5. The lowest BCUT2D eigenvalue weighted by Crippen LogP contribution is -2.50. The molecule has 2 aliphatic rings. The fourth-order valence-electron chi connectivity index (χ4n) is 5.06. The van der Waals surface area contributed by atoms with E-state index in [1.165, 1.54) is 41.0 Å². The van der Waals surface area contributed by atoms with Crippen molar-refractivity contribution in [2.24, 2.45) is 11.8 Å². The van der Waals surface area contributed by atoms with E-state index in [9.17, 15) is 21.9 Å². The lowest BCUT2D eigenvalue weighted by molar-refractivity contribution is 0.0904. The SMILES string of the molecule is COc1ccc(S(=O)(=O)N(C)C[C@@H]2Oc3cc(C#CC4CCCC4)ccc3S(=O)(=O)N([C@H](C)CO)C[C@@H]2C)cc1. The monoisotopic (exact) mass is 590 g/mol. The molecule has 0 unspecified atom stereocenters. The van der Waals surface area contributed by atoms with Crippen molar-refractivity contribution in [3.8, 4) is 23.3 Å². The third-order valence-corrected chi connectivity index (χ3v) is 11.5. The second-order valence-electron chi connectivity index (χ2n) is 10.6. The van der Waals surface area contributed by atoms with E-state index in [0.29, 0.717) is 17.2 Å². The van der Waals surface area contributed by atoms with Gasteiger partial charge >= 0.3 is 0 Å². The highest BCUT2D eigenvalue weighted by atomic mass is 32.2. The number of fused-ring (bicyclic) bond motifs is 1. The number of sulfonamides is 2. The molecule has 0 amide bonds. The van der Waals surface area contributed by atoms with Gasteiger partial charge in [-0.15, -0.1) is 0 Å². The molecule has 2 aromatic carbocycles. The third-order valence-electron chi connectivity index (χ3n) is 7.65. The summed E-state index contributed by atoms with van der Waals surface area (Å²) in [5.41, 5.74) is 0.633. The van der Waals surface area contributed by atoms with Crippen molar-refractivity contribution in [3.05, 3.63) is 48.0 Å². The van der Waals surface area contributed by atoms with E-state index in [4.69, 9.17) is 9.47 Å². The van der Waals surface area contributed by atoms with E-state index in [2.05, 4.69) is 11.8 Å². The number of hydrogen-bond donors (Lipinski definition) is 1. The van der Waals surface area contributed by atoms with Crippen molar-refractivity contribution in [1.29, 1.82) is 0 Å². The number of aliphatic hydroxyl groups excluding tert-OH is 1. The van der Waals surface area contributed by atoms with Crippen LogP contribution in [-0.4, -0.2) is 76.6 Å². The molecule has 0 bridgehead atoms. The minimum Gasteiger partial charge on any atom is -0.497 e. The molecule has 1 N–H and O–H groups in total. The minimum atomic E-state index is -4.01.